The van der Waals surface area contributed by atoms with Crippen LogP contribution < -0.4 is 20.5 Å². The highest BCUT2D eigenvalue weighted by Crippen LogP contribution is 2.29. The van der Waals surface area contributed by atoms with Crippen LogP contribution in [0.25, 0.3) is 11.1 Å². The van der Waals surface area contributed by atoms with Gasteiger partial charge in [0.2, 0.25) is 0 Å². The van der Waals surface area contributed by atoms with E-state index in [4.69, 9.17) is 27.4 Å². The number of thiocarbonyl (C=S) groups is 1. The molecule has 0 aliphatic carbocycles. The molecule has 0 aliphatic rings. The molecular formula is C22H22N2O2S. The Hall–Kier alpha value is -3.05. The van der Waals surface area contributed by atoms with Crippen LogP contribution in [-0.2, 0) is 0 Å². The molecule has 0 aromatic heterocycles. The van der Waals surface area contributed by atoms with Crippen molar-refractivity contribution in [3.05, 3.63) is 78.9 Å². The normalized spacial score (nSPS) is 10.2. The third-order valence-electron chi connectivity index (χ3n) is 3.89. The molecule has 0 atom stereocenters. The molecule has 0 fully saturated rings. The number of para-hydroxylation sites is 1. The topological polar surface area (TPSA) is 56.5 Å². The summed E-state index contributed by atoms with van der Waals surface area (Å²) >= 11 is 4.84. The van der Waals surface area contributed by atoms with E-state index in [0.29, 0.717) is 13.2 Å². The summed E-state index contributed by atoms with van der Waals surface area (Å²) in [6.07, 6.45) is 0.774. The van der Waals surface area contributed by atoms with E-state index < -0.39 is 0 Å². The summed E-state index contributed by atoms with van der Waals surface area (Å²) < 4.78 is 11.8. The van der Waals surface area contributed by atoms with Crippen LogP contribution in [0.3, 0.4) is 0 Å². The Labute approximate surface area is 164 Å². The second-order valence-corrected chi connectivity index (χ2v) is 6.37. The van der Waals surface area contributed by atoms with Crippen LogP contribution in [0.15, 0.2) is 78.9 Å². The van der Waals surface area contributed by atoms with Crippen molar-refractivity contribution in [1.29, 1.82) is 0 Å². The van der Waals surface area contributed by atoms with Gasteiger partial charge in [0.05, 0.1) is 13.2 Å². The molecule has 0 aliphatic heterocycles. The van der Waals surface area contributed by atoms with Gasteiger partial charge in [-0.2, -0.15) is 0 Å². The van der Waals surface area contributed by atoms with Crippen LogP contribution in [0.2, 0.25) is 0 Å². The molecule has 0 bridgehead atoms. The maximum absolute atomic E-state index is 5.98. The number of nitrogens with one attached hydrogen (secondary N) is 1. The van der Waals surface area contributed by atoms with Gasteiger partial charge in [-0.05, 0) is 36.0 Å². The number of nitrogens with two attached hydrogens (primary N) is 1. The number of hydrogen-bond acceptors (Lipinski definition) is 3. The predicted octanol–water partition coefficient (Wildman–Crippen LogP) is 4.86. The Morgan fingerprint density at radius 3 is 2.41 bits per heavy atom. The Kier molecular flexibility index (Phi) is 6.66. The molecule has 0 heterocycles. The van der Waals surface area contributed by atoms with E-state index in [1.54, 1.807) is 0 Å². The Morgan fingerprint density at radius 1 is 0.852 bits per heavy atom. The second-order valence-electron chi connectivity index (χ2n) is 5.93. The molecule has 0 amide bonds. The fourth-order valence-electron chi connectivity index (χ4n) is 2.69. The largest absolute Gasteiger partial charge is 0.493 e. The molecule has 0 saturated carbocycles. The molecule has 138 valence electrons. The van der Waals surface area contributed by atoms with Gasteiger partial charge in [0, 0.05) is 23.7 Å². The zero-order valence-electron chi connectivity index (χ0n) is 14.9. The average molecular weight is 378 g/mol. The van der Waals surface area contributed by atoms with E-state index >= 15 is 0 Å². The SMILES string of the molecule is NC(=S)Nc1cccc(OCCCOc2ccccc2-c2ccccc2)c1. The Bertz CT molecular complexity index is 884. The third kappa shape index (κ3) is 5.72. The zero-order valence-corrected chi connectivity index (χ0v) is 15.7. The minimum Gasteiger partial charge on any atom is -0.493 e. The summed E-state index contributed by atoms with van der Waals surface area (Å²) in [4.78, 5) is 0. The van der Waals surface area contributed by atoms with Gasteiger partial charge in [0.1, 0.15) is 11.5 Å². The van der Waals surface area contributed by atoms with E-state index in [1.807, 2.05) is 60.7 Å². The van der Waals surface area contributed by atoms with Crippen molar-refractivity contribution in [2.24, 2.45) is 5.73 Å². The highest BCUT2D eigenvalue weighted by Gasteiger charge is 2.05. The Balaban J connectivity index is 1.50. The van der Waals surface area contributed by atoms with Gasteiger partial charge in [-0.15, -0.1) is 0 Å². The smallest absolute Gasteiger partial charge is 0.168 e. The lowest BCUT2D eigenvalue weighted by Crippen LogP contribution is -2.18. The van der Waals surface area contributed by atoms with E-state index in [-0.39, 0.29) is 5.11 Å². The summed E-state index contributed by atoms with van der Waals surface area (Å²) in [7, 11) is 0. The molecule has 0 saturated heterocycles. The molecular weight excluding hydrogens is 356 g/mol. The number of anilines is 1. The summed E-state index contributed by atoms with van der Waals surface area (Å²) in [6, 6.07) is 25.8. The van der Waals surface area contributed by atoms with Gasteiger partial charge in [-0.1, -0.05) is 54.6 Å². The van der Waals surface area contributed by atoms with Crippen LogP contribution in [0.4, 0.5) is 5.69 Å². The van der Waals surface area contributed by atoms with Crippen LogP contribution in [0.1, 0.15) is 6.42 Å². The minimum absolute atomic E-state index is 0.234. The van der Waals surface area contributed by atoms with E-state index in [0.717, 1.165) is 34.7 Å². The third-order valence-corrected chi connectivity index (χ3v) is 3.99. The molecule has 4 nitrogen and oxygen atoms in total. The van der Waals surface area contributed by atoms with Crippen LogP contribution in [0.5, 0.6) is 11.5 Å². The van der Waals surface area contributed by atoms with Gasteiger partial charge in [-0.3, -0.25) is 0 Å². The first-order valence-electron chi connectivity index (χ1n) is 8.79. The number of rotatable bonds is 8. The number of benzene rings is 3. The molecule has 27 heavy (non-hydrogen) atoms. The first-order chi connectivity index (χ1) is 13.2. The standard InChI is InChI=1S/C22H22N2O2S/c23-22(27)24-18-10-6-11-19(16-18)25-14-7-15-26-21-13-5-4-12-20(21)17-8-2-1-3-9-17/h1-6,8-13,16H,7,14-15H2,(H3,23,24,27). The second kappa shape index (κ2) is 9.59. The van der Waals surface area contributed by atoms with Crippen molar-refractivity contribution in [3.8, 4) is 22.6 Å². The molecule has 3 rings (SSSR count). The first kappa shape index (κ1) is 18.7. The summed E-state index contributed by atoms with van der Waals surface area (Å²) in [5.41, 5.74) is 8.54. The van der Waals surface area contributed by atoms with Crippen LogP contribution in [-0.4, -0.2) is 18.3 Å². The molecule has 3 N–H and O–H groups in total. The molecule has 5 heteroatoms. The number of ether oxygens (including phenoxy) is 2. The maximum atomic E-state index is 5.98. The lowest BCUT2D eigenvalue weighted by atomic mass is 10.1. The Morgan fingerprint density at radius 2 is 1.59 bits per heavy atom. The van der Waals surface area contributed by atoms with Crippen molar-refractivity contribution < 1.29 is 9.47 Å². The highest BCUT2D eigenvalue weighted by molar-refractivity contribution is 7.80. The molecule has 0 unspecified atom stereocenters. The quantitative estimate of drug-likeness (QED) is 0.433. The van der Waals surface area contributed by atoms with Crippen molar-refractivity contribution in [1.82, 2.24) is 0 Å². The molecule has 0 spiro atoms. The first-order valence-corrected chi connectivity index (χ1v) is 9.20. The summed E-state index contributed by atoms with van der Waals surface area (Å²) in [5, 5.41) is 3.13. The van der Waals surface area contributed by atoms with Crippen molar-refractivity contribution in [2.45, 2.75) is 6.42 Å². The summed E-state index contributed by atoms with van der Waals surface area (Å²) in [5.74, 6) is 1.65. The lowest BCUT2D eigenvalue weighted by Gasteiger charge is -2.12. The van der Waals surface area contributed by atoms with Crippen molar-refractivity contribution in [3.63, 3.8) is 0 Å². The lowest BCUT2D eigenvalue weighted by molar-refractivity contribution is 0.248. The summed E-state index contributed by atoms with van der Waals surface area (Å²) in [6.45, 7) is 1.14. The average Bonchev–Trinajstić information content (AvgIpc) is 2.68. The number of hydrogen-bond donors (Lipinski definition) is 2. The fourth-order valence-corrected chi connectivity index (χ4v) is 2.80. The molecule has 0 radical (unpaired) electrons. The zero-order chi connectivity index (χ0) is 18.9. The van der Waals surface area contributed by atoms with Crippen LogP contribution in [0, 0.1) is 0 Å². The van der Waals surface area contributed by atoms with Crippen LogP contribution >= 0.6 is 12.2 Å². The van der Waals surface area contributed by atoms with Crippen molar-refractivity contribution >= 4 is 23.0 Å². The van der Waals surface area contributed by atoms with Gasteiger partial charge in [0.15, 0.2) is 5.11 Å². The van der Waals surface area contributed by atoms with Gasteiger partial charge < -0.3 is 20.5 Å². The van der Waals surface area contributed by atoms with Gasteiger partial charge in [0.25, 0.3) is 0 Å². The van der Waals surface area contributed by atoms with E-state index in [2.05, 4.69) is 23.5 Å². The fraction of sp³-hybridized carbons (Fsp3) is 0.136. The highest BCUT2D eigenvalue weighted by atomic mass is 32.1. The molecule has 3 aromatic rings. The maximum Gasteiger partial charge on any atom is 0.168 e. The minimum atomic E-state index is 0.234. The van der Waals surface area contributed by atoms with Crippen molar-refractivity contribution in [2.75, 3.05) is 18.5 Å². The van der Waals surface area contributed by atoms with E-state index in [1.165, 1.54) is 0 Å². The monoisotopic (exact) mass is 378 g/mol. The van der Waals surface area contributed by atoms with Gasteiger partial charge in [-0.25, -0.2) is 0 Å². The van der Waals surface area contributed by atoms with E-state index in [9.17, 15) is 0 Å². The molecule has 3 aromatic carbocycles. The van der Waals surface area contributed by atoms with Gasteiger partial charge >= 0.3 is 0 Å². The predicted molar refractivity (Wildman–Crippen MR) is 114 cm³/mol.